The molecule has 0 atom stereocenters. The molecule has 2 aromatic carbocycles. The molecule has 0 aromatic heterocycles. The van der Waals surface area contributed by atoms with E-state index in [0.29, 0.717) is 0 Å². The summed E-state index contributed by atoms with van der Waals surface area (Å²) in [4.78, 5) is 0. The van der Waals surface area contributed by atoms with E-state index in [1.165, 1.54) is 462 Å². The largest absolute Gasteiger partial charge is 0.493 e. The third-order valence-corrected chi connectivity index (χ3v) is 23.8. The second kappa shape index (κ2) is 73.4. The Bertz CT molecular complexity index is 2490. The molecule has 0 saturated carbocycles. The van der Waals surface area contributed by atoms with E-state index in [1.54, 1.807) is 4.70 Å². The van der Waals surface area contributed by atoms with Crippen LogP contribution in [0.25, 0.3) is 16.9 Å². The van der Waals surface area contributed by atoms with E-state index in [9.17, 15) is 5.53 Å². The molecule has 1 aliphatic heterocycles. The highest BCUT2D eigenvalue weighted by atomic mass is 15.2. The van der Waals surface area contributed by atoms with E-state index >= 15 is 0 Å². The van der Waals surface area contributed by atoms with E-state index in [4.69, 9.17) is 0 Å². The molecule has 105 heavy (non-hydrogen) atoms. The second-order valence-corrected chi connectivity index (χ2v) is 33.7. The topological polar surface area (TPSA) is 25.3 Å². The van der Waals surface area contributed by atoms with E-state index in [2.05, 4.69) is 102 Å². The third-order valence-electron chi connectivity index (χ3n) is 23.8. The fourth-order valence-electron chi connectivity index (χ4n) is 16.7. The van der Waals surface area contributed by atoms with Crippen LogP contribution in [0, 0.1) is 23.7 Å². The van der Waals surface area contributed by atoms with E-state index in [-0.39, 0.29) is 0 Å². The van der Waals surface area contributed by atoms with E-state index < -0.39 is 0 Å². The second-order valence-electron chi connectivity index (χ2n) is 33.7. The highest BCUT2D eigenvalue weighted by molar-refractivity contribution is 5.84. The van der Waals surface area contributed by atoms with Gasteiger partial charge in [-0.3, -0.25) is 0 Å². The first-order valence-corrected chi connectivity index (χ1v) is 48.2. The predicted molar refractivity (Wildman–Crippen MR) is 472 cm³/mol. The molecule has 1 aliphatic rings. The van der Waals surface area contributed by atoms with E-state index in [0.717, 1.165) is 88.4 Å². The maximum atomic E-state index is 13.4. The van der Waals surface area contributed by atoms with Crippen molar-refractivity contribution >= 4 is 11.4 Å². The molecule has 0 amide bonds. The molecule has 0 fully saturated rings. The van der Waals surface area contributed by atoms with Crippen LogP contribution in [-0.2, 0) is 25.7 Å². The maximum Gasteiger partial charge on any atom is 0.211 e. The highest BCUT2D eigenvalue weighted by Crippen LogP contribution is 2.47. The molecule has 0 radical (unpaired) electrons. The Balaban J connectivity index is 1.63. The maximum absolute atomic E-state index is 13.4. The molecular formula is C103H178N2. The fraction of sp³-hybridized carbons (Fsp3) is 0.806. The van der Waals surface area contributed by atoms with Gasteiger partial charge >= 0.3 is 0 Å². The Morgan fingerprint density at radius 2 is 0.410 bits per heavy atom. The minimum atomic E-state index is 0.861. The van der Waals surface area contributed by atoms with Crippen LogP contribution in [-0.4, -0.2) is 4.70 Å². The van der Waals surface area contributed by atoms with Gasteiger partial charge < -0.3 is 5.53 Å². The van der Waals surface area contributed by atoms with Crippen molar-refractivity contribution < 1.29 is 4.70 Å². The molecule has 2 heteroatoms. The average molecular weight is 1440 g/mol. The number of rotatable bonds is 77. The molecule has 0 unspecified atom stereocenters. The molecule has 0 aliphatic carbocycles. The van der Waals surface area contributed by atoms with Gasteiger partial charge in [-0.2, -0.15) is 0 Å². The summed E-state index contributed by atoms with van der Waals surface area (Å²) in [7, 11) is 0. The summed E-state index contributed by atoms with van der Waals surface area (Å²) in [5, 5.41) is 0. The lowest BCUT2D eigenvalue weighted by Gasteiger charge is -2.16. The zero-order valence-electron chi connectivity index (χ0n) is 71.8. The van der Waals surface area contributed by atoms with E-state index in [1.807, 2.05) is 0 Å². The molecule has 0 saturated heterocycles. The van der Waals surface area contributed by atoms with Crippen molar-refractivity contribution in [3.8, 4) is 23.7 Å². The minimum Gasteiger partial charge on any atom is -0.493 e. The quantitative estimate of drug-likeness (QED) is 0.0358. The summed E-state index contributed by atoms with van der Waals surface area (Å²) in [6, 6.07) is 14.7. The lowest BCUT2D eigenvalue weighted by Crippen LogP contribution is -2.08. The van der Waals surface area contributed by atoms with Gasteiger partial charge in [-0.1, -0.05) is 457 Å². The number of hydrogen-bond donors (Lipinski definition) is 0. The summed E-state index contributed by atoms with van der Waals surface area (Å²) in [6.45, 7) is 13.9. The molecule has 600 valence electrons. The lowest BCUT2D eigenvalue weighted by molar-refractivity contribution is -0.345. The summed E-state index contributed by atoms with van der Waals surface area (Å²) in [6.07, 6.45) is 103. The normalized spacial score (nSPS) is 12.3. The van der Waals surface area contributed by atoms with Crippen LogP contribution in [0.15, 0.2) is 47.5 Å². The van der Waals surface area contributed by atoms with Gasteiger partial charge in [-0.05, 0) is 111 Å². The van der Waals surface area contributed by atoms with Crippen LogP contribution in [0.4, 0.5) is 0 Å². The molecule has 2 nitrogen and oxygen atoms in total. The van der Waals surface area contributed by atoms with Gasteiger partial charge in [0.15, 0.2) is 0 Å². The van der Waals surface area contributed by atoms with Crippen molar-refractivity contribution in [3.05, 3.63) is 86.5 Å². The molecule has 0 N–H and O–H groups in total. The van der Waals surface area contributed by atoms with Gasteiger partial charge in [0.05, 0.1) is 0 Å². The summed E-state index contributed by atoms with van der Waals surface area (Å²) in [5.74, 6) is 14.6. The first-order valence-electron chi connectivity index (χ1n) is 48.2. The average Bonchev–Trinajstić information content (AvgIpc) is 1.60. The number of hydrogen-bond acceptors (Lipinski definition) is 0. The number of nitrogens with zero attached hydrogens (tertiary/aromatic N) is 2. The molecule has 0 bridgehead atoms. The zero-order valence-corrected chi connectivity index (χ0v) is 71.8. The molecular weight excluding hydrogens is 1270 g/mol. The van der Waals surface area contributed by atoms with Crippen molar-refractivity contribution in [2.75, 3.05) is 0 Å². The van der Waals surface area contributed by atoms with Gasteiger partial charge in [0.25, 0.3) is 0 Å². The fourth-order valence-corrected chi connectivity index (χ4v) is 16.7. The SMILES string of the molecule is CCCCCCCCCCCCCCCCCCCCCCCCC#CCCc1ccc(CCCC)cc1C1=C(CCCC)C(CCCCCCCCCCCCCCCCCCC)=C(c2cc(CCCC)ccc2CCC#CCCCCCCCCCCCCCCCCCCCCCCCC)[N+]1=[N-]. The van der Waals surface area contributed by atoms with Crippen molar-refractivity contribution in [3.63, 3.8) is 0 Å². The van der Waals surface area contributed by atoms with Crippen molar-refractivity contribution in [2.24, 2.45) is 0 Å². The van der Waals surface area contributed by atoms with Crippen LogP contribution in [0.2, 0.25) is 0 Å². The van der Waals surface area contributed by atoms with Gasteiger partial charge in [0.2, 0.25) is 11.4 Å². The summed E-state index contributed by atoms with van der Waals surface area (Å²) < 4.78 is 1.75. The smallest absolute Gasteiger partial charge is 0.211 e. The number of benzene rings is 2. The standard InChI is InChI=1S/C103H178N2/c1-7-13-19-22-25-28-31-34-37-40-42-44-46-48-50-52-54-56-59-61-64-67-70-73-76-79-84-96-90-88-94(82-16-10-4)92-100(96)102-98(86-18-12-6)99(87-81-78-75-72-69-66-63-58-39-36-33-30-27-24-21-15-9-3)103(105(102)104)101-93-95(83-17-11-5)89-91-97(101)85-80-77-74-71-68-65-62-60-57-55-53-51-49-47-45-43-41-38-35-32-29-26-23-20-14-8-2/h88-93H,7-72,75,78-87H2,1-6H3. The molecule has 1 heterocycles. The van der Waals surface area contributed by atoms with Crippen molar-refractivity contribution in [1.82, 2.24) is 0 Å². The Morgan fingerprint density at radius 3 is 0.657 bits per heavy atom. The van der Waals surface area contributed by atoms with Gasteiger partial charge in [0.1, 0.15) is 0 Å². The monoisotopic (exact) mass is 1440 g/mol. The number of unbranched alkanes of at least 4 members (excludes halogenated alkanes) is 63. The molecule has 2 aromatic rings. The summed E-state index contributed by atoms with van der Waals surface area (Å²) in [5.41, 5.74) is 26.4. The Morgan fingerprint density at radius 1 is 0.210 bits per heavy atom. The molecule has 0 spiro atoms. The lowest BCUT2D eigenvalue weighted by atomic mass is 9.88. The number of aryl methyl sites for hydroxylation is 4. The first kappa shape index (κ1) is 95.8. The Kier molecular flexibility index (Phi) is 67.0. The Labute approximate surface area is 658 Å². The van der Waals surface area contributed by atoms with Crippen LogP contribution in [0.5, 0.6) is 0 Å². The van der Waals surface area contributed by atoms with Crippen LogP contribution < -0.4 is 0 Å². The minimum absolute atomic E-state index is 0.861. The third kappa shape index (κ3) is 51.7. The van der Waals surface area contributed by atoms with Gasteiger partial charge in [-0.15, -0.1) is 23.7 Å². The van der Waals surface area contributed by atoms with Crippen molar-refractivity contribution in [2.45, 2.75) is 536 Å². The number of allylic oxidation sites excluding steroid dienone is 2. The summed E-state index contributed by atoms with van der Waals surface area (Å²) >= 11 is 0. The zero-order chi connectivity index (χ0) is 74.9. The van der Waals surface area contributed by atoms with Crippen LogP contribution in [0.3, 0.4) is 0 Å². The highest BCUT2D eigenvalue weighted by Gasteiger charge is 2.37. The van der Waals surface area contributed by atoms with Gasteiger partial charge in [0, 0.05) is 48.0 Å². The van der Waals surface area contributed by atoms with Crippen LogP contribution in [0.1, 0.15) is 544 Å². The van der Waals surface area contributed by atoms with Gasteiger partial charge in [-0.25, -0.2) is 4.70 Å². The van der Waals surface area contributed by atoms with Crippen LogP contribution >= 0.6 is 0 Å². The first-order chi connectivity index (χ1) is 52.0. The molecule has 3 rings (SSSR count). The Hall–Kier alpha value is -3.36. The predicted octanol–water partition coefficient (Wildman–Crippen LogP) is 35.6. The van der Waals surface area contributed by atoms with Crippen molar-refractivity contribution in [1.29, 1.82) is 0 Å².